The summed E-state index contributed by atoms with van der Waals surface area (Å²) in [6, 6.07) is 11.0. The van der Waals surface area contributed by atoms with E-state index in [1.54, 1.807) is 0 Å². The lowest BCUT2D eigenvalue weighted by molar-refractivity contribution is 0.369. The zero-order valence-electron chi connectivity index (χ0n) is 15.2. The molecule has 0 aliphatic heterocycles. The lowest BCUT2D eigenvalue weighted by atomic mass is 9.86. The summed E-state index contributed by atoms with van der Waals surface area (Å²) < 4.78 is 2.19. The van der Waals surface area contributed by atoms with E-state index < -0.39 is 0 Å². The minimum atomic E-state index is 0. The van der Waals surface area contributed by atoms with Crippen molar-refractivity contribution in [2.24, 2.45) is 5.73 Å². The molecule has 1 aliphatic carbocycles. The van der Waals surface area contributed by atoms with Gasteiger partial charge in [-0.1, -0.05) is 43.7 Å². The Labute approximate surface area is 157 Å². The van der Waals surface area contributed by atoms with Gasteiger partial charge in [0.25, 0.3) is 0 Å². The molecule has 138 valence electrons. The summed E-state index contributed by atoms with van der Waals surface area (Å²) in [5.41, 5.74) is 7.42. The number of hydrogen-bond donors (Lipinski definition) is 1. The number of halogens is 1. The maximum Gasteiger partial charge on any atom is 0.151 e. The largest absolute Gasteiger partial charge is 0.328 e. The number of hydrogen-bond acceptors (Lipinski definition) is 3. The van der Waals surface area contributed by atoms with Crippen LogP contribution in [-0.2, 0) is 19.4 Å². The third-order valence-corrected chi connectivity index (χ3v) is 5.08. The minimum Gasteiger partial charge on any atom is -0.328 e. The molecule has 1 aromatic carbocycles. The van der Waals surface area contributed by atoms with Gasteiger partial charge >= 0.3 is 0 Å². The molecule has 25 heavy (non-hydrogen) atoms. The highest BCUT2D eigenvalue weighted by Crippen LogP contribution is 2.31. The Hall–Kier alpha value is -1.39. The Bertz CT molecular complexity index is 618. The van der Waals surface area contributed by atoms with Crippen LogP contribution >= 0.6 is 12.4 Å². The molecular formula is C20H31ClN4. The summed E-state index contributed by atoms with van der Waals surface area (Å²) in [5, 5.41) is 4.83. The highest BCUT2D eigenvalue weighted by atomic mass is 35.5. The monoisotopic (exact) mass is 362 g/mol. The lowest BCUT2D eigenvalue weighted by Gasteiger charge is -2.25. The van der Waals surface area contributed by atoms with E-state index >= 15 is 0 Å². The molecule has 0 spiro atoms. The quantitative estimate of drug-likeness (QED) is 0.800. The van der Waals surface area contributed by atoms with Gasteiger partial charge in [-0.25, -0.2) is 9.67 Å². The van der Waals surface area contributed by atoms with E-state index in [1.165, 1.54) is 24.2 Å². The normalized spacial score (nSPS) is 20.2. The molecule has 0 atom stereocenters. The second-order valence-electron chi connectivity index (χ2n) is 7.06. The molecule has 4 nitrogen and oxygen atoms in total. The highest BCUT2D eigenvalue weighted by molar-refractivity contribution is 5.85. The van der Waals surface area contributed by atoms with E-state index in [0.717, 1.165) is 50.9 Å². The third kappa shape index (κ3) is 5.55. The summed E-state index contributed by atoms with van der Waals surface area (Å²) in [5.74, 6) is 2.75. The second-order valence-corrected chi connectivity index (χ2v) is 7.06. The molecule has 1 saturated carbocycles. The molecule has 0 saturated heterocycles. The molecule has 1 fully saturated rings. The number of aryl methyl sites for hydroxylation is 3. The van der Waals surface area contributed by atoms with Crippen molar-refractivity contribution in [1.29, 1.82) is 0 Å². The predicted octanol–water partition coefficient (Wildman–Crippen LogP) is 4.27. The number of benzene rings is 1. The van der Waals surface area contributed by atoms with Crippen LogP contribution in [0.4, 0.5) is 0 Å². The van der Waals surface area contributed by atoms with Crippen LogP contribution in [0.5, 0.6) is 0 Å². The summed E-state index contributed by atoms with van der Waals surface area (Å²) in [6.07, 6.45) is 8.83. The van der Waals surface area contributed by atoms with Gasteiger partial charge in [0.15, 0.2) is 5.82 Å². The summed E-state index contributed by atoms with van der Waals surface area (Å²) >= 11 is 0. The number of nitrogens with two attached hydrogens (primary N) is 1. The standard InChI is InChI=1S/C20H30N4.ClH/c1-2-3-15-24-20(17-10-12-18(21)13-11-17)22-19(23-24)14-9-16-7-5-4-6-8-16;/h4-8,17-18H,2-3,9-15,21H2,1H3;1H. The molecule has 0 bridgehead atoms. The van der Waals surface area contributed by atoms with Crippen molar-refractivity contribution in [2.75, 3.05) is 0 Å². The van der Waals surface area contributed by atoms with Crippen molar-refractivity contribution in [2.45, 2.75) is 76.8 Å². The van der Waals surface area contributed by atoms with E-state index in [-0.39, 0.29) is 12.4 Å². The SMILES string of the molecule is CCCCn1nc(CCc2ccccc2)nc1C1CCC(N)CC1.Cl. The van der Waals surface area contributed by atoms with Gasteiger partial charge in [0, 0.05) is 24.9 Å². The molecule has 5 heteroatoms. The first-order chi connectivity index (χ1) is 11.8. The predicted molar refractivity (Wildman–Crippen MR) is 105 cm³/mol. The van der Waals surface area contributed by atoms with Crippen LogP contribution in [0.2, 0.25) is 0 Å². The second kappa shape index (κ2) is 9.93. The van der Waals surface area contributed by atoms with Crippen molar-refractivity contribution in [3.8, 4) is 0 Å². The molecule has 1 aliphatic rings. The minimum absolute atomic E-state index is 0. The average molecular weight is 363 g/mol. The van der Waals surface area contributed by atoms with Gasteiger partial charge in [-0.15, -0.1) is 12.4 Å². The van der Waals surface area contributed by atoms with Gasteiger partial charge in [0.05, 0.1) is 0 Å². The molecule has 0 unspecified atom stereocenters. The van der Waals surface area contributed by atoms with E-state index in [1.807, 2.05) is 0 Å². The maximum absolute atomic E-state index is 6.07. The van der Waals surface area contributed by atoms with E-state index in [9.17, 15) is 0 Å². The van der Waals surface area contributed by atoms with Crippen molar-refractivity contribution in [3.63, 3.8) is 0 Å². The van der Waals surface area contributed by atoms with Crippen LogP contribution in [-0.4, -0.2) is 20.8 Å². The molecule has 0 amide bonds. The number of unbranched alkanes of at least 4 members (excludes halogenated alkanes) is 1. The molecular weight excluding hydrogens is 332 g/mol. The number of rotatable bonds is 7. The summed E-state index contributed by atoms with van der Waals surface area (Å²) in [7, 11) is 0. The van der Waals surface area contributed by atoms with E-state index in [0.29, 0.717) is 12.0 Å². The van der Waals surface area contributed by atoms with Crippen molar-refractivity contribution in [1.82, 2.24) is 14.8 Å². The molecule has 1 aromatic heterocycles. The van der Waals surface area contributed by atoms with E-state index in [2.05, 4.69) is 41.9 Å². The highest BCUT2D eigenvalue weighted by Gasteiger charge is 2.25. The van der Waals surface area contributed by atoms with Crippen molar-refractivity contribution < 1.29 is 0 Å². The smallest absolute Gasteiger partial charge is 0.151 e. The summed E-state index contributed by atoms with van der Waals surface area (Å²) in [6.45, 7) is 3.22. The molecule has 0 radical (unpaired) electrons. The Morgan fingerprint density at radius 2 is 1.80 bits per heavy atom. The zero-order chi connectivity index (χ0) is 16.8. The number of aromatic nitrogens is 3. The van der Waals surface area contributed by atoms with Crippen LogP contribution in [0.15, 0.2) is 30.3 Å². The number of nitrogens with zero attached hydrogens (tertiary/aromatic N) is 3. The van der Waals surface area contributed by atoms with Crippen LogP contribution in [0.1, 0.15) is 68.6 Å². The Morgan fingerprint density at radius 3 is 2.48 bits per heavy atom. The summed E-state index contributed by atoms with van der Waals surface area (Å²) in [4.78, 5) is 4.94. The Kier molecular flexibility index (Phi) is 7.91. The first kappa shape index (κ1) is 19.9. The third-order valence-electron chi connectivity index (χ3n) is 5.08. The van der Waals surface area contributed by atoms with Gasteiger partial charge in [-0.2, -0.15) is 5.10 Å². The fourth-order valence-corrected chi connectivity index (χ4v) is 3.56. The van der Waals surface area contributed by atoms with Gasteiger partial charge in [-0.05, 0) is 44.1 Å². The van der Waals surface area contributed by atoms with Gasteiger partial charge in [0.2, 0.25) is 0 Å². The van der Waals surface area contributed by atoms with Gasteiger partial charge in [0.1, 0.15) is 5.82 Å². The van der Waals surface area contributed by atoms with Gasteiger partial charge in [-0.3, -0.25) is 0 Å². The van der Waals surface area contributed by atoms with Crippen LogP contribution in [0.3, 0.4) is 0 Å². The van der Waals surface area contributed by atoms with E-state index in [4.69, 9.17) is 15.8 Å². The fraction of sp³-hybridized carbons (Fsp3) is 0.600. The molecule has 2 aromatic rings. The molecule has 2 N–H and O–H groups in total. The van der Waals surface area contributed by atoms with Gasteiger partial charge < -0.3 is 5.73 Å². The average Bonchev–Trinajstić information content (AvgIpc) is 3.03. The van der Waals surface area contributed by atoms with Crippen LogP contribution in [0.25, 0.3) is 0 Å². The molecule has 3 rings (SSSR count). The van der Waals surface area contributed by atoms with Crippen molar-refractivity contribution >= 4 is 12.4 Å². The topological polar surface area (TPSA) is 56.7 Å². The lowest BCUT2D eigenvalue weighted by Crippen LogP contribution is -2.27. The Balaban J connectivity index is 0.00000225. The Morgan fingerprint density at radius 1 is 1.08 bits per heavy atom. The fourth-order valence-electron chi connectivity index (χ4n) is 3.56. The first-order valence-corrected chi connectivity index (χ1v) is 9.49. The van der Waals surface area contributed by atoms with Crippen LogP contribution < -0.4 is 5.73 Å². The molecule has 1 heterocycles. The zero-order valence-corrected chi connectivity index (χ0v) is 16.0. The van der Waals surface area contributed by atoms with Crippen molar-refractivity contribution in [3.05, 3.63) is 47.5 Å². The maximum atomic E-state index is 6.07. The first-order valence-electron chi connectivity index (χ1n) is 9.49. The van der Waals surface area contributed by atoms with Crippen LogP contribution in [0, 0.1) is 0 Å².